The van der Waals surface area contributed by atoms with Crippen LogP contribution in [0.1, 0.15) is 17.3 Å². The average Bonchev–Trinajstić information content (AvgIpc) is 2.83. The van der Waals surface area contributed by atoms with Crippen molar-refractivity contribution in [2.24, 2.45) is 7.05 Å². The predicted molar refractivity (Wildman–Crippen MR) is 88.6 cm³/mol. The van der Waals surface area contributed by atoms with Gasteiger partial charge in [0.05, 0.1) is 5.56 Å². The topological polar surface area (TPSA) is 28.5 Å². The highest BCUT2D eigenvalue weighted by atomic mass is 79.9. The third kappa shape index (κ3) is 2.72. The number of rotatable bonds is 2. The number of carbonyl (C=O) groups is 1. The number of hydrogen-bond acceptors (Lipinski definition) is 2. The van der Waals surface area contributed by atoms with E-state index in [0.29, 0.717) is 0 Å². The molecule has 2 aromatic rings. The molecule has 0 radical (unpaired) electrons. The molecule has 5 heteroatoms. The fourth-order valence-electron chi connectivity index (χ4n) is 2.97. The first-order valence-corrected chi connectivity index (χ1v) is 8.15. The Labute approximate surface area is 133 Å². The van der Waals surface area contributed by atoms with Gasteiger partial charge in [0, 0.05) is 54.8 Å². The van der Waals surface area contributed by atoms with Crippen LogP contribution >= 0.6 is 15.9 Å². The van der Waals surface area contributed by atoms with Crippen LogP contribution in [0.4, 0.5) is 0 Å². The molecule has 4 nitrogen and oxygen atoms in total. The van der Waals surface area contributed by atoms with Crippen LogP contribution in [0, 0.1) is 0 Å². The molecule has 1 fully saturated rings. The number of nitrogens with zero attached hydrogens (tertiary/aromatic N) is 3. The van der Waals surface area contributed by atoms with Crippen LogP contribution in [0.3, 0.4) is 0 Å². The third-order valence-corrected chi connectivity index (χ3v) is 4.78. The van der Waals surface area contributed by atoms with E-state index in [1.54, 1.807) is 0 Å². The fourth-order valence-corrected chi connectivity index (χ4v) is 3.33. The molecule has 0 unspecified atom stereocenters. The minimum Gasteiger partial charge on any atom is -0.350 e. The number of carbonyl (C=O) groups excluding carboxylic acids is 1. The molecular formula is C16H20BrN3O. The Bertz CT molecular complexity index is 671. The number of aromatic nitrogens is 1. The Kier molecular flexibility index (Phi) is 4.04. The summed E-state index contributed by atoms with van der Waals surface area (Å²) >= 11 is 3.50. The van der Waals surface area contributed by atoms with Gasteiger partial charge in [-0.05, 0) is 24.7 Å². The van der Waals surface area contributed by atoms with Crippen molar-refractivity contribution < 1.29 is 4.79 Å². The van der Waals surface area contributed by atoms with Gasteiger partial charge in [0.15, 0.2) is 0 Å². The van der Waals surface area contributed by atoms with Crippen molar-refractivity contribution in [3.8, 4) is 0 Å². The molecule has 1 aliphatic rings. The Hall–Kier alpha value is -1.33. The zero-order valence-corrected chi connectivity index (χ0v) is 14.1. The lowest BCUT2D eigenvalue weighted by Gasteiger charge is -2.34. The second-order valence-corrected chi connectivity index (χ2v) is 6.46. The van der Waals surface area contributed by atoms with Crippen molar-refractivity contribution in [1.82, 2.24) is 14.4 Å². The number of halogens is 1. The minimum absolute atomic E-state index is 0.148. The number of piperazine rings is 1. The highest BCUT2D eigenvalue weighted by molar-refractivity contribution is 9.10. The van der Waals surface area contributed by atoms with Crippen LogP contribution in [0.2, 0.25) is 0 Å². The standard InChI is InChI=1S/C16H20BrN3O/c1-3-19-6-8-20(9-7-19)16(21)14-11-18(2)15-5-4-12(17)10-13(14)15/h4-5,10-11H,3,6-9H2,1-2H3. The van der Waals surface area contributed by atoms with Gasteiger partial charge in [0.25, 0.3) is 5.91 Å². The SMILES string of the molecule is CCN1CCN(C(=O)c2cn(C)c3ccc(Br)cc23)CC1. The zero-order chi connectivity index (χ0) is 15.0. The summed E-state index contributed by atoms with van der Waals surface area (Å²) in [6.45, 7) is 6.80. The van der Waals surface area contributed by atoms with E-state index in [9.17, 15) is 4.79 Å². The summed E-state index contributed by atoms with van der Waals surface area (Å²) in [5.41, 5.74) is 1.90. The van der Waals surface area contributed by atoms with E-state index >= 15 is 0 Å². The number of likely N-dealkylation sites (N-methyl/N-ethyl adjacent to an activating group) is 1. The fraction of sp³-hybridized carbons (Fsp3) is 0.438. The van der Waals surface area contributed by atoms with Crippen LogP contribution in [-0.2, 0) is 7.05 Å². The smallest absolute Gasteiger partial charge is 0.256 e. The molecule has 2 heterocycles. The summed E-state index contributed by atoms with van der Waals surface area (Å²) in [5.74, 6) is 0.148. The second-order valence-electron chi connectivity index (χ2n) is 5.54. The first-order valence-electron chi connectivity index (χ1n) is 7.36. The molecule has 1 aliphatic heterocycles. The average molecular weight is 350 g/mol. The first-order chi connectivity index (χ1) is 10.1. The van der Waals surface area contributed by atoms with Crippen molar-refractivity contribution in [3.05, 3.63) is 34.4 Å². The molecule has 1 aromatic carbocycles. The summed E-state index contributed by atoms with van der Waals surface area (Å²) in [6.07, 6.45) is 1.95. The molecule has 112 valence electrons. The summed E-state index contributed by atoms with van der Waals surface area (Å²) in [6, 6.07) is 6.09. The van der Waals surface area contributed by atoms with Crippen molar-refractivity contribution in [3.63, 3.8) is 0 Å². The van der Waals surface area contributed by atoms with Gasteiger partial charge in [-0.2, -0.15) is 0 Å². The minimum atomic E-state index is 0.148. The Balaban J connectivity index is 1.90. The van der Waals surface area contributed by atoms with Gasteiger partial charge in [-0.15, -0.1) is 0 Å². The van der Waals surface area contributed by atoms with Gasteiger partial charge in [-0.3, -0.25) is 4.79 Å². The Morgan fingerprint density at radius 2 is 1.95 bits per heavy atom. The molecule has 0 N–H and O–H groups in total. The normalized spacial score (nSPS) is 16.6. The van der Waals surface area contributed by atoms with Crippen molar-refractivity contribution in [2.75, 3.05) is 32.7 Å². The Morgan fingerprint density at radius 1 is 1.24 bits per heavy atom. The zero-order valence-electron chi connectivity index (χ0n) is 12.5. The lowest BCUT2D eigenvalue weighted by Crippen LogP contribution is -2.48. The molecule has 0 spiro atoms. The number of benzene rings is 1. The summed E-state index contributed by atoms with van der Waals surface area (Å²) < 4.78 is 3.03. The van der Waals surface area contributed by atoms with E-state index in [1.165, 1.54) is 0 Å². The van der Waals surface area contributed by atoms with Gasteiger partial charge in [-0.1, -0.05) is 22.9 Å². The molecular weight excluding hydrogens is 330 g/mol. The molecule has 3 rings (SSSR count). The van der Waals surface area contributed by atoms with E-state index in [0.717, 1.165) is 53.7 Å². The molecule has 0 aliphatic carbocycles. The summed E-state index contributed by atoms with van der Waals surface area (Å²) in [4.78, 5) is 17.2. The number of aryl methyl sites for hydroxylation is 1. The molecule has 1 saturated heterocycles. The van der Waals surface area contributed by atoms with Gasteiger partial charge in [0.2, 0.25) is 0 Å². The van der Waals surface area contributed by atoms with Crippen LogP contribution in [-0.4, -0.2) is 53.0 Å². The van der Waals surface area contributed by atoms with Gasteiger partial charge in [-0.25, -0.2) is 0 Å². The molecule has 1 amide bonds. The maximum atomic E-state index is 12.8. The van der Waals surface area contributed by atoms with E-state index in [2.05, 4.69) is 27.8 Å². The number of hydrogen-bond donors (Lipinski definition) is 0. The quantitative estimate of drug-likeness (QED) is 0.833. The highest BCUT2D eigenvalue weighted by Gasteiger charge is 2.24. The monoisotopic (exact) mass is 349 g/mol. The van der Waals surface area contributed by atoms with Crippen LogP contribution in [0.25, 0.3) is 10.9 Å². The van der Waals surface area contributed by atoms with E-state index in [4.69, 9.17) is 0 Å². The van der Waals surface area contributed by atoms with E-state index < -0.39 is 0 Å². The molecule has 0 saturated carbocycles. The molecule has 1 aromatic heterocycles. The highest BCUT2D eigenvalue weighted by Crippen LogP contribution is 2.26. The third-order valence-electron chi connectivity index (χ3n) is 4.29. The predicted octanol–water partition coefficient (Wildman–Crippen LogP) is 2.72. The number of amides is 1. The van der Waals surface area contributed by atoms with Crippen LogP contribution in [0.5, 0.6) is 0 Å². The van der Waals surface area contributed by atoms with E-state index in [-0.39, 0.29) is 5.91 Å². The lowest BCUT2D eigenvalue weighted by molar-refractivity contribution is 0.0645. The number of fused-ring (bicyclic) bond motifs is 1. The summed E-state index contributed by atoms with van der Waals surface area (Å²) in [5, 5.41) is 1.02. The van der Waals surface area contributed by atoms with Gasteiger partial charge in [0.1, 0.15) is 0 Å². The van der Waals surface area contributed by atoms with Crippen molar-refractivity contribution in [2.45, 2.75) is 6.92 Å². The molecule has 0 atom stereocenters. The Morgan fingerprint density at radius 3 is 2.62 bits per heavy atom. The van der Waals surface area contributed by atoms with Crippen LogP contribution < -0.4 is 0 Å². The second kappa shape index (κ2) is 5.81. The first kappa shape index (κ1) is 14.6. The van der Waals surface area contributed by atoms with Gasteiger partial charge >= 0.3 is 0 Å². The van der Waals surface area contributed by atoms with Gasteiger partial charge < -0.3 is 14.4 Å². The molecule has 0 bridgehead atoms. The van der Waals surface area contributed by atoms with E-state index in [1.807, 2.05) is 40.9 Å². The largest absolute Gasteiger partial charge is 0.350 e. The maximum Gasteiger partial charge on any atom is 0.256 e. The van der Waals surface area contributed by atoms with Crippen LogP contribution in [0.15, 0.2) is 28.9 Å². The molecule has 21 heavy (non-hydrogen) atoms. The lowest BCUT2D eigenvalue weighted by atomic mass is 10.1. The maximum absolute atomic E-state index is 12.8. The van der Waals surface area contributed by atoms with Crippen molar-refractivity contribution in [1.29, 1.82) is 0 Å². The summed E-state index contributed by atoms with van der Waals surface area (Å²) in [7, 11) is 1.99. The van der Waals surface area contributed by atoms with Crippen molar-refractivity contribution >= 4 is 32.7 Å².